The Kier molecular flexibility index (Phi) is 4.38. The third kappa shape index (κ3) is 3.30. The number of carbonyl (C=O) groups is 3. The molecule has 0 spiro atoms. The van der Waals surface area contributed by atoms with Gasteiger partial charge in [-0.15, -0.1) is 0 Å². The molecule has 0 bridgehead atoms. The van der Waals surface area contributed by atoms with Gasteiger partial charge in [-0.1, -0.05) is 6.07 Å². The lowest BCUT2D eigenvalue weighted by molar-refractivity contribution is -0.115. The minimum Gasteiger partial charge on any atom is -0.493 e. The average molecular weight is 340 g/mol. The summed E-state index contributed by atoms with van der Waals surface area (Å²) in [6, 6.07) is 9.82. The van der Waals surface area contributed by atoms with Gasteiger partial charge in [-0.05, 0) is 35.9 Å². The number of benzene rings is 2. The van der Waals surface area contributed by atoms with Crippen LogP contribution in [0.4, 0.5) is 5.69 Å². The molecule has 0 aliphatic carbocycles. The molecule has 1 aliphatic rings. The Bertz CT molecular complexity index is 876. The largest absolute Gasteiger partial charge is 0.493 e. The average Bonchev–Trinajstić information content (AvgIpc) is 2.88. The molecule has 25 heavy (non-hydrogen) atoms. The maximum atomic E-state index is 12.2. The van der Waals surface area contributed by atoms with Crippen molar-refractivity contribution in [3.8, 4) is 11.5 Å². The SMILES string of the molecule is COc1ccc(CC(=O)Nc2ccc3c(c2)C(=O)NC3=O)cc1OC. The minimum absolute atomic E-state index is 0.128. The molecule has 0 saturated carbocycles. The number of anilines is 1. The van der Waals surface area contributed by atoms with Crippen LogP contribution < -0.4 is 20.1 Å². The second-order valence-corrected chi connectivity index (χ2v) is 5.46. The molecule has 2 aromatic carbocycles. The summed E-state index contributed by atoms with van der Waals surface area (Å²) in [6.45, 7) is 0. The predicted octanol–water partition coefficient (Wildman–Crippen LogP) is 1.77. The first-order chi connectivity index (χ1) is 12.0. The van der Waals surface area contributed by atoms with Crippen LogP contribution in [-0.4, -0.2) is 31.9 Å². The zero-order valence-electron chi connectivity index (χ0n) is 13.7. The Morgan fingerprint density at radius 2 is 1.68 bits per heavy atom. The molecule has 3 amide bonds. The van der Waals surface area contributed by atoms with Gasteiger partial charge in [0, 0.05) is 5.69 Å². The molecule has 7 heteroatoms. The summed E-state index contributed by atoms with van der Waals surface area (Å²) in [5.41, 5.74) is 1.77. The second kappa shape index (κ2) is 6.64. The first kappa shape index (κ1) is 16.5. The molecule has 2 aromatic rings. The fraction of sp³-hybridized carbons (Fsp3) is 0.167. The van der Waals surface area contributed by atoms with Crippen molar-refractivity contribution in [1.82, 2.24) is 5.32 Å². The number of carbonyl (C=O) groups excluding carboxylic acids is 3. The quantitative estimate of drug-likeness (QED) is 0.809. The molecular weight excluding hydrogens is 324 g/mol. The summed E-state index contributed by atoms with van der Waals surface area (Å²) in [5.74, 6) is -0.0161. The van der Waals surface area contributed by atoms with E-state index < -0.39 is 11.8 Å². The van der Waals surface area contributed by atoms with Gasteiger partial charge in [0.2, 0.25) is 5.91 Å². The van der Waals surface area contributed by atoms with E-state index in [9.17, 15) is 14.4 Å². The van der Waals surface area contributed by atoms with Crippen LogP contribution in [0, 0.1) is 0 Å². The van der Waals surface area contributed by atoms with E-state index >= 15 is 0 Å². The minimum atomic E-state index is -0.462. The number of imide groups is 1. The molecule has 3 rings (SSSR count). The Balaban J connectivity index is 1.72. The smallest absolute Gasteiger partial charge is 0.259 e. The van der Waals surface area contributed by atoms with Gasteiger partial charge >= 0.3 is 0 Å². The molecule has 128 valence electrons. The fourth-order valence-corrected chi connectivity index (χ4v) is 2.63. The molecule has 0 saturated heterocycles. The van der Waals surface area contributed by atoms with E-state index in [1.165, 1.54) is 19.2 Å². The van der Waals surface area contributed by atoms with Crippen molar-refractivity contribution in [2.75, 3.05) is 19.5 Å². The molecule has 0 fully saturated rings. The van der Waals surface area contributed by atoms with E-state index in [0.717, 1.165) is 5.56 Å². The maximum Gasteiger partial charge on any atom is 0.259 e. The molecule has 1 aliphatic heterocycles. The van der Waals surface area contributed by atoms with E-state index in [0.29, 0.717) is 22.7 Å². The lowest BCUT2D eigenvalue weighted by Gasteiger charge is -2.10. The Hall–Kier alpha value is -3.35. The van der Waals surface area contributed by atoms with Gasteiger partial charge in [0.1, 0.15) is 0 Å². The van der Waals surface area contributed by atoms with Crippen molar-refractivity contribution in [3.63, 3.8) is 0 Å². The lowest BCUT2D eigenvalue weighted by Crippen LogP contribution is -2.19. The van der Waals surface area contributed by atoms with Gasteiger partial charge < -0.3 is 14.8 Å². The number of methoxy groups -OCH3 is 2. The summed E-state index contributed by atoms with van der Waals surface area (Å²) < 4.78 is 10.4. The third-order valence-electron chi connectivity index (χ3n) is 3.83. The van der Waals surface area contributed by atoms with Crippen molar-refractivity contribution in [1.29, 1.82) is 0 Å². The number of hydrogen-bond acceptors (Lipinski definition) is 5. The second-order valence-electron chi connectivity index (χ2n) is 5.46. The van der Waals surface area contributed by atoms with E-state index in [1.54, 1.807) is 31.4 Å². The maximum absolute atomic E-state index is 12.2. The zero-order chi connectivity index (χ0) is 18.0. The van der Waals surface area contributed by atoms with Crippen LogP contribution in [0.15, 0.2) is 36.4 Å². The summed E-state index contributed by atoms with van der Waals surface area (Å²) >= 11 is 0. The number of ether oxygens (including phenoxy) is 2. The first-order valence-electron chi connectivity index (χ1n) is 7.52. The van der Waals surface area contributed by atoms with Crippen LogP contribution in [0.2, 0.25) is 0 Å². The fourth-order valence-electron chi connectivity index (χ4n) is 2.63. The van der Waals surface area contributed by atoms with E-state index in [4.69, 9.17) is 9.47 Å². The van der Waals surface area contributed by atoms with E-state index in [1.807, 2.05) is 0 Å². The highest BCUT2D eigenvalue weighted by atomic mass is 16.5. The standard InChI is InChI=1S/C18H16N2O5/c1-24-14-6-3-10(7-15(14)25-2)8-16(21)19-11-4-5-12-13(9-11)18(23)20-17(12)22/h3-7,9H,8H2,1-2H3,(H,19,21)(H,20,22,23). The summed E-state index contributed by atoms with van der Waals surface area (Å²) in [7, 11) is 3.07. The van der Waals surface area contributed by atoms with Gasteiger partial charge in [0.25, 0.3) is 11.8 Å². The topological polar surface area (TPSA) is 93.7 Å². The molecule has 7 nitrogen and oxygen atoms in total. The number of hydrogen-bond donors (Lipinski definition) is 2. The van der Waals surface area contributed by atoms with Crippen LogP contribution in [0.1, 0.15) is 26.3 Å². The summed E-state index contributed by atoms with van der Waals surface area (Å²) in [4.78, 5) is 35.4. The third-order valence-corrected chi connectivity index (χ3v) is 3.83. The Labute approximate surface area is 143 Å². The monoisotopic (exact) mass is 340 g/mol. The molecule has 0 radical (unpaired) electrons. The predicted molar refractivity (Wildman–Crippen MR) is 90.1 cm³/mol. The molecule has 0 aromatic heterocycles. The van der Waals surface area contributed by atoms with Gasteiger partial charge in [-0.2, -0.15) is 0 Å². The highest BCUT2D eigenvalue weighted by Gasteiger charge is 2.26. The zero-order valence-corrected chi connectivity index (χ0v) is 13.7. The Morgan fingerprint density at radius 3 is 2.40 bits per heavy atom. The number of fused-ring (bicyclic) bond motifs is 1. The van der Waals surface area contributed by atoms with Crippen LogP contribution in [0.5, 0.6) is 11.5 Å². The lowest BCUT2D eigenvalue weighted by atomic mass is 10.1. The highest BCUT2D eigenvalue weighted by Crippen LogP contribution is 2.28. The molecule has 1 heterocycles. The van der Waals surface area contributed by atoms with E-state index in [-0.39, 0.29) is 17.9 Å². The van der Waals surface area contributed by atoms with Gasteiger partial charge in [0.15, 0.2) is 11.5 Å². The van der Waals surface area contributed by atoms with Crippen molar-refractivity contribution in [3.05, 3.63) is 53.1 Å². The number of amides is 3. The summed E-state index contributed by atoms with van der Waals surface area (Å²) in [5, 5.41) is 4.93. The van der Waals surface area contributed by atoms with Gasteiger partial charge in [0.05, 0.1) is 31.8 Å². The molecule has 0 atom stereocenters. The Morgan fingerprint density at radius 1 is 0.960 bits per heavy atom. The van der Waals surface area contributed by atoms with Crippen molar-refractivity contribution in [2.24, 2.45) is 0 Å². The van der Waals surface area contributed by atoms with Crippen LogP contribution in [0.3, 0.4) is 0 Å². The van der Waals surface area contributed by atoms with Crippen LogP contribution in [-0.2, 0) is 11.2 Å². The van der Waals surface area contributed by atoms with Crippen molar-refractivity contribution in [2.45, 2.75) is 6.42 Å². The number of nitrogens with one attached hydrogen (secondary N) is 2. The number of rotatable bonds is 5. The first-order valence-corrected chi connectivity index (χ1v) is 7.52. The van der Waals surface area contributed by atoms with Crippen LogP contribution in [0.25, 0.3) is 0 Å². The summed E-state index contributed by atoms with van der Waals surface area (Å²) in [6.07, 6.45) is 0.128. The van der Waals surface area contributed by atoms with Gasteiger partial charge in [-0.25, -0.2) is 0 Å². The molecule has 2 N–H and O–H groups in total. The van der Waals surface area contributed by atoms with Crippen LogP contribution >= 0.6 is 0 Å². The van der Waals surface area contributed by atoms with Crippen molar-refractivity contribution >= 4 is 23.4 Å². The van der Waals surface area contributed by atoms with Crippen molar-refractivity contribution < 1.29 is 23.9 Å². The normalized spacial score (nSPS) is 12.4. The highest BCUT2D eigenvalue weighted by molar-refractivity contribution is 6.22. The van der Waals surface area contributed by atoms with Gasteiger partial charge in [-0.3, -0.25) is 19.7 Å². The molecular formula is C18H16N2O5. The van der Waals surface area contributed by atoms with E-state index in [2.05, 4.69) is 10.6 Å². The molecule has 0 unspecified atom stereocenters.